The van der Waals surface area contributed by atoms with Crippen molar-refractivity contribution in [3.8, 4) is 0 Å². The predicted molar refractivity (Wildman–Crippen MR) is 128 cm³/mol. The molecule has 2 aromatic carbocycles. The Kier molecular flexibility index (Phi) is 6.79. The van der Waals surface area contributed by atoms with Crippen LogP contribution in [-0.2, 0) is 11.3 Å². The van der Waals surface area contributed by atoms with Crippen molar-refractivity contribution < 1.29 is 18.8 Å². The number of Topliss-reactive ketones (excluding diaryl/α,β-unsaturated/α-hetero) is 1. The molecule has 1 aliphatic heterocycles. The molecule has 1 aromatic heterocycles. The second kappa shape index (κ2) is 9.77. The van der Waals surface area contributed by atoms with Gasteiger partial charge in [0.05, 0.1) is 5.56 Å². The topological polar surface area (TPSA) is 85.5 Å². The highest BCUT2D eigenvalue weighted by Crippen LogP contribution is 2.25. The Labute approximate surface area is 197 Å². The molecule has 0 radical (unpaired) electrons. The van der Waals surface area contributed by atoms with E-state index >= 15 is 0 Å². The van der Waals surface area contributed by atoms with Gasteiger partial charge in [0.25, 0.3) is 11.8 Å². The van der Waals surface area contributed by atoms with Crippen molar-refractivity contribution in [2.45, 2.75) is 39.4 Å². The molecule has 2 atom stereocenters. The predicted octanol–water partition coefficient (Wildman–Crippen LogP) is 3.36. The molecule has 4 rings (SSSR count). The van der Waals surface area contributed by atoms with E-state index in [2.05, 4.69) is 22.1 Å². The third-order valence-corrected chi connectivity index (χ3v) is 6.39. The first-order valence-corrected chi connectivity index (χ1v) is 11.5. The summed E-state index contributed by atoms with van der Waals surface area (Å²) >= 11 is 0. The Morgan fingerprint density at radius 2 is 1.79 bits per heavy atom. The van der Waals surface area contributed by atoms with Gasteiger partial charge in [-0.15, -0.1) is 0 Å². The first-order valence-electron chi connectivity index (χ1n) is 11.5. The number of halogens is 1. The number of hydrogen-bond acceptors (Lipinski definition) is 4. The van der Waals surface area contributed by atoms with Crippen LogP contribution >= 0.6 is 0 Å². The van der Waals surface area contributed by atoms with Crippen LogP contribution in [0.1, 0.15) is 47.1 Å². The van der Waals surface area contributed by atoms with E-state index in [1.807, 2.05) is 11.8 Å². The van der Waals surface area contributed by atoms with Gasteiger partial charge in [0.15, 0.2) is 0 Å². The number of aromatic amines is 1. The fourth-order valence-electron chi connectivity index (χ4n) is 4.49. The maximum absolute atomic E-state index is 13.5. The summed E-state index contributed by atoms with van der Waals surface area (Å²) in [5.74, 6) is -1.66. The van der Waals surface area contributed by atoms with Crippen molar-refractivity contribution in [2.24, 2.45) is 0 Å². The SMILES string of the molecule is CCNC(=O)C(=O)c1ccc2[nH]cc(C(=O)N3CC(C)N(Cc4ccc(F)cc4)CC3C)c2c1. The monoisotopic (exact) mass is 464 g/mol. The zero-order valence-corrected chi connectivity index (χ0v) is 19.6. The zero-order chi connectivity index (χ0) is 24.4. The summed E-state index contributed by atoms with van der Waals surface area (Å²) in [7, 11) is 0. The average Bonchev–Trinajstić information content (AvgIpc) is 3.25. The van der Waals surface area contributed by atoms with Gasteiger partial charge in [0, 0.05) is 60.9 Å². The Hall–Kier alpha value is -3.52. The second-order valence-electron chi connectivity index (χ2n) is 8.86. The lowest BCUT2D eigenvalue weighted by Gasteiger charge is -2.44. The lowest BCUT2D eigenvalue weighted by molar-refractivity contribution is -0.116. The highest BCUT2D eigenvalue weighted by atomic mass is 19.1. The Morgan fingerprint density at radius 1 is 1.06 bits per heavy atom. The average molecular weight is 465 g/mol. The summed E-state index contributed by atoms with van der Waals surface area (Å²) in [6.07, 6.45) is 1.66. The number of H-pyrrole nitrogens is 1. The fourth-order valence-corrected chi connectivity index (χ4v) is 4.49. The molecule has 2 heterocycles. The summed E-state index contributed by atoms with van der Waals surface area (Å²) in [6.45, 7) is 8.13. The minimum absolute atomic E-state index is 0.0331. The number of carbonyl (C=O) groups excluding carboxylic acids is 3. The van der Waals surface area contributed by atoms with Gasteiger partial charge in [0.1, 0.15) is 5.82 Å². The van der Waals surface area contributed by atoms with Gasteiger partial charge in [-0.05, 0) is 56.7 Å². The molecule has 0 saturated carbocycles. The van der Waals surface area contributed by atoms with Crippen LogP contribution in [0.3, 0.4) is 0 Å². The number of aromatic nitrogens is 1. The van der Waals surface area contributed by atoms with E-state index in [9.17, 15) is 18.8 Å². The van der Waals surface area contributed by atoms with Crippen LogP contribution in [-0.4, -0.2) is 64.1 Å². The van der Waals surface area contributed by atoms with Crippen molar-refractivity contribution in [1.29, 1.82) is 0 Å². The molecule has 3 aromatic rings. The number of benzene rings is 2. The van der Waals surface area contributed by atoms with Gasteiger partial charge in [-0.3, -0.25) is 19.3 Å². The molecule has 178 valence electrons. The molecule has 2 unspecified atom stereocenters. The number of likely N-dealkylation sites (N-methyl/N-ethyl adjacent to an activating group) is 1. The van der Waals surface area contributed by atoms with E-state index in [1.165, 1.54) is 12.1 Å². The Morgan fingerprint density at radius 3 is 2.50 bits per heavy atom. The van der Waals surface area contributed by atoms with E-state index in [4.69, 9.17) is 0 Å². The smallest absolute Gasteiger partial charge is 0.292 e. The quantitative estimate of drug-likeness (QED) is 0.433. The van der Waals surface area contributed by atoms with E-state index in [0.29, 0.717) is 37.1 Å². The standard InChI is InChI=1S/C26H29FN4O3/c1-4-28-25(33)24(32)19-7-10-23-21(11-19)22(12-29-23)26(34)31-14-16(2)30(13-17(31)3)15-18-5-8-20(27)9-6-18/h5-12,16-17,29H,4,13-15H2,1-3H3,(H,28,33). The van der Waals surface area contributed by atoms with Crippen LogP contribution in [0, 0.1) is 5.82 Å². The van der Waals surface area contributed by atoms with E-state index < -0.39 is 11.7 Å². The van der Waals surface area contributed by atoms with Gasteiger partial charge in [-0.25, -0.2) is 4.39 Å². The molecular weight excluding hydrogens is 435 g/mol. The summed E-state index contributed by atoms with van der Waals surface area (Å²) in [5, 5.41) is 3.13. The number of piperazine rings is 1. The van der Waals surface area contributed by atoms with Gasteiger partial charge in [-0.2, -0.15) is 0 Å². The highest BCUT2D eigenvalue weighted by molar-refractivity contribution is 6.43. The third-order valence-electron chi connectivity index (χ3n) is 6.39. The fraction of sp³-hybridized carbons (Fsp3) is 0.346. The number of fused-ring (bicyclic) bond motifs is 1. The molecule has 1 saturated heterocycles. The maximum atomic E-state index is 13.5. The van der Waals surface area contributed by atoms with Crippen molar-refractivity contribution in [2.75, 3.05) is 19.6 Å². The lowest BCUT2D eigenvalue weighted by atomic mass is 10.0. The van der Waals surface area contributed by atoms with Gasteiger partial charge < -0.3 is 15.2 Å². The molecule has 0 spiro atoms. The molecule has 1 fully saturated rings. The zero-order valence-electron chi connectivity index (χ0n) is 19.6. The van der Waals surface area contributed by atoms with Crippen LogP contribution in [0.25, 0.3) is 10.9 Å². The van der Waals surface area contributed by atoms with Gasteiger partial charge in [-0.1, -0.05) is 12.1 Å². The van der Waals surface area contributed by atoms with Crippen molar-refractivity contribution in [3.05, 3.63) is 71.2 Å². The van der Waals surface area contributed by atoms with Crippen molar-refractivity contribution >= 4 is 28.5 Å². The number of ketones is 1. The van der Waals surface area contributed by atoms with Crippen LogP contribution in [0.5, 0.6) is 0 Å². The largest absolute Gasteiger partial charge is 0.360 e. The maximum Gasteiger partial charge on any atom is 0.292 e. The minimum Gasteiger partial charge on any atom is -0.360 e. The number of nitrogens with one attached hydrogen (secondary N) is 2. The minimum atomic E-state index is -0.662. The molecule has 1 aliphatic rings. The number of amides is 2. The molecule has 0 bridgehead atoms. The van der Waals surface area contributed by atoms with Crippen LogP contribution < -0.4 is 5.32 Å². The Bertz CT molecular complexity index is 1220. The van der Waals surface area contributed by atoms with Crippen LogP contribution in [0.15, 0.2) is 48.7 Å². The van der Waals surface area contributed by atoms with E-state index in [1.54, 1.807) is 43.5 Å². The number of rotatable bonds is 6. The van der Waals surface area contributed by atoms with E-state index in [-0.39, 0.29) is 29.4 Å². The van der Waals surface area contributed by atoms with Crippen LogP contribution in [0.4, 0.5) is 4.39 Å². The first kappa shape index (κ1) is 23.6. The second-order valence-corrected chi connectivity index (χ2v) is 8.86. The Balaban J connectivity index is 1.52. The number of carbonyl (C=O) groups is 3. The van der Waals surface area contributed by atoms with Gasteiger partial charge >= 0.3 is 0 Å². The summed E-state index contributed by atoms with van der Waals surface area (Å²) in [5.41, 5.74) is 2.48. The van der Waals surface area contributed by atoms with Crippen molar-refractivity contribution in [1.82, 2.24) is 20.1 Å². The number of nitrogens with zero attached hydrogens (tertiary/aromatic N) is 2. The van der Waals surface area contributed by atoms with Crippen LogP contribution in [0.2, 0.25) is 0 Å². The molecule has 8 heteroatoms. The first-order chi connectivity index (χ1) is 16.3. The molecule has 7 nitrogen and oxygen atoms in total. The van der Waals surface area contributed by atoms with E-state index in [0.717, 1.165) is 11.1 Å². The molecule has 2 N–H and O–H groups in total. The summed E-state index contributed by atoms with van der Waals surface area (Å²) in [4.78, 5) is 45.2. The normalized spacial score (nSPS) is 18.8. The summed E-state index contributed by atoms with van der Waals surface area (Å²) in [6, 6.07) is 11.5. The highest BCUT2D eigenvalue weighted by Gasteiger charge is 2.33. The molecular formula is C26H29FN4O3. The molecule has 34 heavy (non-hydrogen) atoms. The van der Waals surface area contributed by atoms with Crippen molar-refractivity contribution in [3.63, 3.8) is 0 Å². The van der Waals surface area contributed by atoms with Gasteiger partial charge in [0.2, 0.25) is 5.78 Å². The molecule has 2 amide bonds. The lowest BCUT2D eigenvalue weighted by Crippen LogP contribution is -2.57. The molecule has 0 aliphatic carbocycles. The number of hydrogen-bond donors (Lipinski definition) is 2. The summed E-state index contributed by atoms with van der Waals surface area (Å²) < 4.78 is 13.2. The third kappa shape index (κ3) is 4.72.